The fraction of sp³-hybridized carbons (Fsp3) is 0.391. The average Bonchev–Trinajstić information content (AvgIpc) is 3.15. The van der Waals surface area contributed by atoms with E-state index in [1.807, 2.05) is 42.1 Å². The van der Waals surface area contributed by atoms with E-state index < -0.39 is 0 Å². The van der Waals surface area contributed by atoms with Gasteiger partial charge < -0.3 is 15.2 Å². The number of hydrogen-bond donors (Lipinski definition) is 2. The second-order valence-electron chi connectivity index (χ2n) is 7.95. The molecule has 7 heteroatoms. The Bertz CT molecular complexity index is 1020. The first kappa shape index (κ1) is 20.1. The normalized spacial score (nSPS) is 18.8. The molecule has 0 atom stereocenters. The van der Waals surface area contributed by atoms with Gasteiger partial charge in [-0.1, -0.05) is 0 Å². The zero-order valence-corrected chi connectivity index (χ0v) is 17.2. The molecule has 1 aliphatic rings. The number of carbonyl (C=O) groups is 2. The van der Waals surface area contributed by atoms with E-state index in [4.69, 9.17) is 0 Å². The fourth-order valence-corrected chi connectivity index (χ4v) is 4.04. The topological polar surface area (TPSA) is 88.9 Å². The number of amides is 2. The molecule has 0 spiro atoms. The van der Waals surface area contributed by atoms with Gasteiger partial charge in [0.15, 0.2) is 0 Å². The lowest BCUT2D eigenvalue weighted by Crippen LogP contribution is -2.41. The number of nitrogens with one attached hydrogen (secondary N) is 2. The molecular formula is C23H27N5O2. The number of nitrogens with zero attached hydrogens (tertiary/aromatic N) is 3. The van der Waals surface area contributed by atoms with Crippen molar-refractivity contribution >= 4 is 22.8 Å². The van der Waals surface area contributed by atoms with E-state index in [0.717, 1.165) is 43.1 Å². The molecule has 3 heterocycles. The summed E-state index contributed by atoms with van der Waals surface area (Å²) in [7, 11) is 1.92. The first-order valence-corrected chi connectivity index (χ1v) is 10.5. The quantitative estimate of drug-likeness (QED) is 0.660. The smallest absolute Gasteiger partial charge is 0.270 e. The van der Waals surface area contributed by atoms with Crippen molar-refractivity contribution < 1.29 is 9.59 Å². The summed E-state index contributed by atoms with van der Waals surface area (Å²) in [6, 6.07) is 9.68. The number of pyridine rings is 2. The van der Waals surface area contributed by atoms with Gasteiger partial charge in [0, 0.05) is 49.5 Å². The summed E-state index contributed by atoms with van der Waals surface area (Å²) >= 11 is 0. The van der Waals surface area contributed by atoms with Crippen LogP contribution in [0, 0.1) is 5.92 Å². The molecule has 1 aliphatic carbocycles. The minimum absolute atomic E-state index is 0.0217. The molecule has 0 aliphatic heterocycles. The summed E-state index contributed by atoms with van der Waals surface area (Å²) in [5, 5.41) is 7.15. The van der Waals surface area contributed by atoms with Gasteiger partial charge >= 0.3 is 0 Å². The largest absolute Gasteiger partial charge is 0.356 e. The van der Waals surface area contributed by atoms with Gasteiger partial charge in [-0.25, -0.2) is 4.98 Å². The van der Waals surface area contributed by atoms with Crippen molar-refractivity contribution in [3.05, 3.63) is 60.2 Å². The Morgan fingerprint density at radius 2 is 1.83 bits per heavy atom. The van der Waals surface area contributed by atoms with Crippen molar-refractivity contribution in [1.29, 1.82) is 0 Å². The summed E-state index contributed by atoms with van der Waals surface area (Å²) in [6.45, 7) is 0.632. The molecule has 0 radical (unpaired) electrons. The third kappa shape index (κ3) is 4.67. The van der Waals surface area contributed by atoms with Gasteiger partial charge in [-0.2, -0.15) is 0 Å². The summed E-state index contributed by atoms with van der Waals surface area (Å²) in [5.41, 5.74) is 2.40. The van der Waals surface area contributed by atoms with Crippen molar-refractivity contribution in [3.8, 4) is 0 Å². The van der Waals surface area contributed by atoms with Crippen LogP contribution in [0.15, 0.2) is 48.9 Å². The highest BCUT2D eigenvalue weighted by Crippen LogP contribution is 2.25. The van der Waals surface area contributed by atoms with Crippen LogP contribution in [0.2, 0.25) is 0 Å². The van der Waals surface area contributed by atoms with E-state index in [1.165, 1.54) is 5.56 Å². The zero-order valence-electron chi connectivity index (χ0n) is 17.2. The third-order valence-corrected chi connectivity index (χ3v) is 5.85. The highest BCUT2D eigenvalue weighted by Gasteiger charge is 2.27. The van der Waals surface area contributed by atoms with Gasteiger partial charge in [0.1, 0.15) is 11.3 Å². The summed E-state index contributed by atoms with van der Waals surface area (Å²) in [4.78, 5) is 33.5. The Hall–Kier alpha value is -3.22. The lowest BCUT2D eigenvalue weighted by molar-refractivity contribution is -0.126. The molecule has 1 fully saturated rings. The maximum Gasteiger partial charge on any atom is 0.270 e. The van der Waals surface area contributed by atoms with Crippen LogP contribution in [0.4, 0.5) is 0 Å². The maximum atomic E-state index is 12.6. The Labute approximate surface area is 175 Å². The monoisotopic (exact) mass is 405 g/mol. The second kappa shape index (κ2) is 9.07. The molecule has 2 amide bonds. The summed E-state index contributed by atoms with van der Waals surface area (Å²) in [6.07, 6.45) is 9.45. The summed E-state index contributed by atoms with van der Waals surface area (Å²) in [5.74, 6) is -0.0125. The Kier molecular flexibility index (Phi) is 6.07. The van der Waals surface area contributed by atoms with Crippen LogP contribution in [0.5, 0.6) is 0 Å². The maximum absolute atomic E-state index is 12.6. The van der Waals surface area contributed by atoms with Crippen molar-refractivity contribution in [3.63, 3.8) is 0 Å². The number of fused-ring (bicyclic) bond motifs is 1. The SMILES string of the molecule is Cn1ccc2ccc(C(=O)NC3CCC(C(=O)NCCc4ccncc4)CC3)nc21. The van der Waals surface area contributed by atoms with Gasteiger partial charge in [0.2, 0.25) is 5.91 Å². The van der Waals surface area contributed by atoms with Crippen LogP contribution < -0.4 is 10.6 Å². The molecular weight excluding hydrogens is 378 g/mol. The van der Waals surface area contributed by atoms with Crippen LogP contribution in [0.25, 0.3) is 11.0 Å². The van der Waals surface area contributed by atoms with E-state index in [-0.39, 0.29) is 23.8 Å². The number of rotatable bonds is 6. The number of aryl methyl sites for hydroxylation is 1. The highest BCUT2D eigenvalue weighted by atomic mass is 16.2. The minimum atomic E-state index is -0.150. The van der Waals surface area contributed by atoms with E-state index in [2.05, 4.69) is 20.6 Å². The zero-order chi connectivity index (χ0) is 20.9. The predicted octanol–water partition coefficient (Wildman–Crippen LogP) is 2.62. The van der Waals surface area contributed by atoms with Gasteiger partial charge in [0.05, 0.1) is 0 Å². The average molecular weight is 406 g/mol. The summed E-state index contributed by atoms with van der Waals surface area (Å²) < 4.78 is 1.91. The molecule has 4 rings (SSSR count). The second-order valence-corrected chi connectivity index (χ2v) is 7.95. The highest BCUT2D eigenvalue weighted by molar-refractivity contribution is 5.94. The Morgan fingerprint density at radius 3 is 2.60 bits per heavy atom. The molecule has 30 heavy (non-hydrogen) atoms. The third-order valence-electron chi connectivity index (χ3n) is 5.85. The number of hydrogen-bond acceptors (Lipinski definition) is 4. The van der Waals surface area contributed by atoms with E-state index in [9.17, 15) is 9.59 Å². The number of carbonyl (C=O) groups excluding carboxylic acids is 2. The van der Waals surface area contributed by atoms with Crippen molar-refractivity contribution in [2.24, 2.45) is 13.0 Å². The van der Waals surface area contributed by atoms with Crippen molar-refractivity contribution in [2.45, 2.75) is 38.1 Å². The lowest BCUT2D eigenvalue weighted by Gasteiger charge is -2.28. The van der Waals surface area contributed by atoms with Crippen LogP contribution in [0.1, 0.15) is 41.7 Å². The van der Waals surface area contributed by atoms with Gasteiger partial charge in [-0.05, 0) is 68.0 Å². The van der Waals surface area contributed by atoms with E-state index in [1.54, 1.807) is 18.5 Å². The number of aromatic nitrogens is 3. The standard InChI is InChI=1S/C23H27N5O2/c1-28-15-11-17-4-7-20(27-21(17)28)23(30)26-19-5-2-18(3-6-19)22(29)25-14-10-16-8-12-24-13-9-16/h4,7-9,11-13,15,18-19H,2-3,5-6,10,14H2,1H3,(H,25,29)(H,26,30). The van der Waals surface area contributed by atoms with Gasteiger partial charge in [-0.15, -0.1) is 0 Å². The van der Waals surface area contributed by atoms with E-state index >= 15 is 0 Å². The molecule has 2 N–H and O–H groups in total. The first-order valence-electron chi connectivity index (χ1n) is 10.5. The van der Waals surface area contributed by atoms with Crippen LogP contribution >= 0.6 is 0 Å². The predicted molar refractivity (Wildman–Crippen MR) is 115 cm³/mol. The van der Waals surface area contributed by atoms with Crippen molar-refractivity contribution in [2.75, 3.05) is 6.54 Å². The molecule has 156 valence electrons. The van der Waals surface area contributed by atoms with E-state index in [0.29, 0.717) is 12.2 Å². The van der Waals surface area contributed by atoms with Gasteiger partial charge in [0.25, 0.3) is 5.91 Å². The Balaban J connectivity index is 1.23. The van der Waals surface area contributed by atoms with Crippen LogP contribution in [0.3, 0.4) is 0 Å². The van der Waals surface area contributed by atoms with Gasteiger partial charge in [-0.3, -0.25) is 14.6 Å². The Morgan fingerprint density at radius 1 is 1.07 bits per heavy atom. The first-order chi connectivity index (χ1) is 14.6. The molecule has 0 saturated heterocycles. The molecule has 3 aromatic rings. The molecule has 3 aromatic heterocycles. The molecule has 7 nitrogen and oxygen atoms in total. The minimum Gasteiger partial charge on any atom is -0.356 e. The van der Waals surface area contributed by atoms with Crippen LogP contribution in [-0.2, 0) is 18.3 Å². The lowest BCUT2D eigenvalue weighted by atomic mass is 9.85. The molecule has 0 bridgehead atoms. The molecule has 1 saturated carbocycles. The molecule has 0 aromatic carbocycles. The molecule has 0 unspecified atom stereocenters. The fourth-order valence-electron chi connectivity index (χ4n) is 4.04. The van der Waals surface area contributed by atoms with Crippen LogP contribution in [-0.4, -0.2) is 38.9 Å². The van der Waals surface area contributed by atoms with Crippen molar-refractivity contribution in [1.82, 2.24) is 25.2 Å².